The lowest BCUT2D eigenvalue weighted by atomic mass is 9.82. The van der Waals surface area contributed by atoms with E-state index >= 15 is 0 Å². The van der Waals surface area contributed by atoms with Crippen LogP contribution in [0.3, 0.4) is 0 Å². The summed E-state index contributed by atoms with van der Waals surface area (Å²) in [5, 5.41) is 6.74. The van der Waals surface area contributed by atoms with E-state index in [0.29, 0.717) is 35.1 Å². The van der Waals surface area contributed by atoms with Crippen molar-refractivity contribution >= 4 is 40.4 Å². The molecule has 10 heteroatoms. The fourth-order valence-corrected chi connectivity index (χ4v) is 9.95. The first-order valence-electron chi connectivity index (χ1n) is 21.4. The zero-order valence-electron chi connectivity index (χ0n) is 34.4. The quantitative estimate of drug-likeness (QED) is 0.156. The number of aldehydes is 1. The lowest BCUT2D eigenvalue weighted by Gasteiger charge is -2.35. The zero-order chi connectivity index (χ0) is 40.1. The first-order valence-corrected chi connectivity index (χ1v) is 21.7. The summed E-state index contributed by atoms with van der Waals surface area (Å²) in [6.07, 6.45) is 13.7. The molecule has 1 amide bonds. The molecule has 2 N–H and O–H groups in total. The van der Waals surface area contributed by atoms with Gasteiger partial charge in [-0.3, -0.25) is 14.2 Å². The van der Waals surface area contributed by atoms with Crippen LogP contribution in [0.2, 0.25) is 5.02 Å². The maximum Gasteiger partial charge on any atom is 0.282 e. The summed E-state index contributed by atoms with van der Waals surface area (Å²) in [5.41, 5.74) is 6.38. The molecule has 3 aliphatic heterocycles. The molecular weight excluding hydrogens is 732 g/mol. The number of carbonyl (C=O) groups excluding carboxylic acids is 2. The summed E-state index contributed by atoms with van der Waals surface area (Å²) in [7, 11) is 3.77. The number of amides is 1. The summed E-state index contributed by atoms with van der Waals surface area (Å²) in [6, 6.07) is 20.7. The highest BCUT2D eigenvalue weighted by atomic mass is 35.5. The highest BCUT2D eigenvalue weighted by Gasteiger charge is 2.39. The molecule has 1 atom stereocenters. The smallest absolute Gasteiger partial charge is 0.282 e. The van der Waals surface area contributed by atoms with Crippen molar-refractivity contribution in [3.63, 3.8) is 0 Å². The Bertz CT molecular complexity index is 2080. The van der Waals surface area contributed by atoms with E-state index in [1.54, 1.807) is 13.1 Å². The number of piperidine rings is 2. The van der Waals surface area contributed by atoms with Crippen LogP contribution in [0.5, 0.6) is 0 Å². The van der Waals surface area contributed by atoms with Crippen LogP contribution in [-0.2, 0) is 15.0 Å². The number of fused-ring (bicyclic) bond motifs is 5. The third kappa shape index (κ3) is 9.32. The van der Waals surface area contributed by atoms with Crippen molar-refractivity contribution in [3.05, 3.63) is 98.6 Å². The maximum atomic E-state index is 12.9. The summed E-state index contributed by atoms with van der Waals surface area (Å²) < 4.78 is 2.18. The second-order valence-electron chi connectivity index (χ2n) is 17.5. The molecule has 0 radical (unpaired) electrons. The van der Waals surface area contributed by atoms with Crippen molar-refractivity contribution in [1.29, 1.82) is 0 Å². The molecule has 4 heterocycles. The summed E-state index contributed by atoms with van der Waals surface area (Å²) in [6.45, 7) is 10.3. The van der Waals surface area contributed by atoms with Crippen LogP contribution in [0.4, 0.5) is 5.69 Å². The monoisotopic (exact) mass is 792 g/mol. The number of halogens is 1. The molecule has 1 aromatic heterocycles. The van der Waals surface area contributed by atoms with Crippen molar-refractivity contribution in [3.8, 4) is 5.69 Å². The molecular formula is C47H61ClN6O3. The second-order valence-corrected chi connectivity index (χ2v) is 17.9. The Kier molecular flexibility index (Phi) is 13.2. The fourth-order valence-electron chi connectivity index (χ4n) is 9.70. The number of rotatable bonds is 10. The van der Waals surface area contributed by atoms with E-state index in [1.165, 1.54) is 94.1 Å². The van der Waals surface area contributed by atoms with E-state index in [2.05, 4.69) is 81.2 Å². The summed E-state index contributed by atoms with van der Waals surface area (Å²) >= 11 is 6.44. The highest BCUT2D eigenvalue weighted by molar-refractivity contribution is 6.35. The van der Waals surface area contributed by atoms with Gasteiger partial charge in [0, 0.05) is 25.7 Å². The minimum atomic E-state index is -0.332. The molecule has 1 aliphatic carbocycles. The lowest BCUT2D eigenvalue weighted by Crippen LogP contribution is -2.37. The van der Waals surface area contributed by atoms with Crippen molar-refractivity contribution < 1.29 is 9.59 Å². The molecule has 0 bridgehead atoms. The number of hydrogen-bond donors (Lipinski definition) is 2. The number of likely N-dealkylation sites (tertiary alicyclic amines) is 2. The molecule has 1 unspecified atom stereocenters. The zero-order valence-corrected chi connectivity index (χ0v) is 35.1. The largest absolute Gasteiger partial charge is 0.376 e. The van der Waals surface area contributed by atoms with Crippen LogP contribution in [0.25, 0.3) is 16.6 Å². The standard InChI is InChI=1S/C29H34ClN3O.C18H27N3O2/c1-29(2)22-12-11-21(20-13-15-32(16-14-20)18-19-7-4-3-5-8-19)17-25(22)33-24-10-6-9-23(30)26(24)27(34)31-28(29)33;1-19-18(23)8-7-17(13-22)20-16-5-3-14(4-6-16)15-9-11-21(2)12-10-15/h6,9-12,17,19-20H,3-5,7-8,13-16,18H2,1-2H3;3-6,13,15,17,20H,7-12H2,1-2H3,(H,19,23). The van der Waals surface area contributed by atoms with E-state index in [9.17, 15) is 14.4 Å². The van der Waals surface area contributed by atoms with Gasteiger partial charge in [-0.2, -0.15) is 4.98 Å². The van der Waals surface area contributed by atoms with Crippen molar-refractivity contribution in [2.45, 2.75) is 108 Å². The normalized spacial score (nSPS) is 19.6. The van der Waals surface area contributed by atoms with Gasteiger partial charge in [0.05, 0.1) is 33.1 Å². The molecule has 57 heavy (non-hydrogen) atoms. The topological polar surface area (TPSA) is 99.6 Å². The van der Waals surface area contributed by atoms with E-state index in [1.807, 2.05) is 24.3 Å². The van der Waals surface area contributed by atoms with Gasteiger partial charge in [0.2, 0.25) is 5.91 Å². The van der Waals surface area contributed by atoms with Gasteiger partial charge in [-0.25, -0.2) is 0 Å². The van der Waals surface area contributed by atoms with Crippen LogP contribution in [0.15, 0.2) is 65.5 Å². The molecule has 4 aliphatic rings. The van der Waals surface area contributed by atoms with Crippen molar-refractivity contribution in [1.82, 2.24) is 24.7 Å². The molecule has 3 aromatic carbocycles. The fraction of sp³-hybridized carbons (Fsp3) is 0.532. The van der Waals surface area contributed by atoms with Crippen molar-refractivity contribution in [2.24, 2.45) is 5.92 Å². The molecule has 3 fully saturated rings. The third-order valence-electron chi connectivity index (χ3n) is 13.2. The number of nitrogens with zero attached hydrogens (tertiary/aromatic N) is 4. The van der Waals surface area contributed by atoms with Gasteiger partial charge in [0.15, 0.2) is 0 Å². The molecule has 1 saturated carbocycles. The average molecular weight is 793 g/mol. The Morgan fingerprint density at radius 3 is 2.26 bits per heavy atom. The lowest BCUT2D eigenvalue weighted by molar-refractivity contribution is -0.120. The van der Waals surface area contributed by atoms with Crippen LogP contribution in [0, 0.1) is 5.92 Å². The first-order chi connectivity index (χ1) is 27.5. The molecule has 4 aromatic rings. The number of aromatic nitrogens is 2. The second kappa shape index (κ2) is 18.3. The van der Waals surface area contributed by atoms with Gasteiger partial charge in [0.1, 0.15) is 12.1 Å². The van der Waals surface area contributed by atoms with Gasteiger partial charge >= 0.3 is 0 Å². The predicted octanol–water partition coefficient (Wildman–Crippen LogP) is 8.44. The van der Waals surface area contributed by atoms with Crippen LogP contribution in [0.1, 0.15) is 119 Å². The van der Waals surface area contributed by atoms with Crippen molar-refractivity contribution in [2.75, 3.05) is 52.1 Å². The number of benzene rings is 3. The van der Waals surface area contributed by atoms with Crippen LogP contribution < -0.4 is 16.2 Å². The minimum absolute atomic E-state index is 0.0451. The Morgan fingerprint density at radius 1 is 0.912 bits per heavy atom. The van der Waals surface area contributed by atoms with Gasteiger partial charge in [-0.05, 0) is 157 Å². The van der Waals surface area contributed by atoms with Crippen LogP contribution in [-0.4, -0.2) is 84.4 Å². The maximum absolute atomic E-state index is 12.9. The van der Waals surface area contributed by atoms with Gasteiger partial charge in [0.25, 0.3) is 5.56 Å². The van der Waals surface area contributed by atoms with Gasteiger partial charge < -0.3 is 25.2 Å². The van der Waals surface area contributed by atoms with Gasteiger partial charge in [-0.15, -0.1) is 0 Å². The molecule has 0 spiro atoms. The number of carbonyl (C=O) groups is 2. The van der Waals surface area contributed by atoms with Crippen LogP contribution >= 0.6 is 11.6 Å². The molecule has 9 nitrogen and oxygen atoms in total. The van der Waals surface area contributed by atoms with E-state index in [-0.39, 0.29) is 22.9 Å². The minimum Gasteiger partial charge on any atom is -0.376 e. The Labute approximate surface area is 343 Å². The SMILES string of the molecule is CC1(C)c2ccc(C3CCN(CC4CCCCC4)CC3)cc2-n2c1nc(=O)c1c(Cl)cccc12.CNC(=O)CCC(C=O)Nc1ccc(C2CCN(C)CC2)cc1. The van der Waals surface area contributed by atoms with E-state index in [0.717, 1.165) is 48.0 Å². The number of nitrogens with one attached hydrogen (secondary N) is 2. The number of anilines is 1. The van der Waals surface area contributed by atoms with E-state index in [4.69, 9.17) is 11.6 Å². The Hall–Kier alpha value is -4.05. The van der Waals surface area contributed by atoms with Gasteiger partial charge in [-0.1, -0.05) is 61.2 Å². The highest BCUT2D eigenvalue weighted by Crippen LogP contribution is 2.45. The molecule has 2 saturated heterocycles. The summed E-state index contributed by atoms with van der Waals surface area (Å²) in [4.78, 5) is 44.9. The first kappa shape index (κ1) is 41.1. The Morgan fingerprint density at radius 2 is 1.58 bits per heavy atom. The molecule has 304 valence electrons. The third-order valence-corrected chi connectivity index (χ3v) is 13.6. The Balaban J connectivity index is 0.000000189. The summed E-state index contributed by atoms with van der Waals surface area (Å²) in [5.74, 6) is 2.90. The molecule has 8 rings (SSSR count). The van der Waals surface area contributed by atoms with E-state index < -0.39 is 0 Å². The number of hydrogen-bond acceptors (Lipinski definition) is 7. The predicted molar refractivity (Wildman–Crippen MR) is 232 cm³/mol. The average Bonchev–Trinajstić information content (AvgIpc) is 3.45.